The summed E-state index contributed by atoms with van der Waals surface area (Å²) in [6.45, 7) is 3.25. The average molecular weight is 306 g/mol. The Labute approximate surface area is 126 Å². The van der Waals surface area contributed by atoms with Crippen molar-refractivity contribution in [1.82, 2.24) is 0 Å². The van der Waals surface area contributed by atoms with Gasteiger partial charge < -0.3 is 14.6 Å². The third-order valence-electron chi connectivity index (χ3n) is 2.49. The molecule has 8 heteroatoms. The van der Waals surface area contributed by atoms with E-state index in [2.05, 4.69) is 0 Å². The highest BCUT2D eigenvalue weighted by Gasteiger charge is 2.20. The van der Waals surface area contributed by atoms with Crippen LogP contribution in [0.5, 0.6) is 11.5 Å². The smallest absolute Gasteiger partial charge is 0.349 e. The first-order valence-electron chi connectivity index (χ1n) is 6.18. The van der Waals surface area contributed by atoms with E-state index in [0.29, 0.717) is 0 Å². The zero-order valence-corrected chi connectivity index (χ0v) is 12.2. The minimum absolute atomic E-state index is 0.144. The molecule has 116 valence electrons. The van der Waals surface area contributed by atoms with E-state index in [1.165, 1.54) is 13.2 Å². The topological polar surface area (TPSA) is 123 Å². The van der Waals surface area contributed by atoms with Gasteiger partial charge in [-0.05, 0) is 31.6 Å². The molecule has 0 aliphatic heterocycles. The van der Waals surface area contributed by atoms with Gasteiger partial charge in [-0.1, -0.05) is 0 Å². The molecule has 0 saturated carbocycles. The number of nitro benzene ring substituents is 1. The van der Waals surface area contributed by atoms with Gasteiger partial charge in [-0.25, -0.2) is 4.79 Å². The van der Waals surface area contributed by atoms with Crippen molar-refractivity contribution in [3.8, 4) is 17.6 Å². The van der Waals surface area contributed by atoms with Crippen molar-refractivity contribution in [2.45, 2.75) is 20.0 Å². The first kappa shape index (κ1) is 17.0. The van der Waals surface area contributed by atoms with E-state index < -0.39 is 28.4 Å². The third kappa shape index (κ3) is 3.96. The number of benzene rings is 1. The molecule has 0 heterocycles. The van der Waals surface area contributed by atoms with Gasteiger partial charge >= 0.3 is 11.7 Å². The summed E-state index contributed by atoms with van der Waals surface area (Å²) >= 11 is 0. The number of nitriles is 1. The predicted octanol–water partition coefficient (Wildman–Crippen LogP) is 2.17. The Morgan fingerprint density at radius 2 is 2.14 bits per heavy atom. The van der Waals surface area contributed by atoms with Gasteiger partial charge in [-0.15, -0.1) is 0 Å². The molecule has 0 aliphatic carbocycles. The number of nitrogens with zero attached hydrogens (tertiary/aromatic N) is 2. The van der Waals surface area contributed by atoms with E-state index in [4.69, 9.17) is 14.7 Å². The van der Waals surface area contributed by atoms with E-state index in [9.17, 15) is 20.0 Å². The number of methoxy groups -OCH3 is 1. The van der Waals surface area contributed by atoms with Crippen molar-refractivity contribution in [2.75, 3.05) is 7.11 Å². The molecule has 1 rings (SSSR count). The van der Waals surface area contributed by atoms with Crippen molar-refractivity contribution in [1.29, 1.82) is 5.26 Å². The van der Waals surface area contributed by atoms with Crippen molar-refractivity contribution >= 4 is 17.7 Å². The number of carbonyl (C=O) groups excluding carboxylic acids is 1. The molecule has 1 aromatic rings. The molecule has 22 heavy (non-hydrogen) atoms. The fraction of sp³-hybridized carbons (Fsp3) is 0.286. The number of ether oxygens (including phenoxy) is 2. The van der Waals surface area contributed by atoms with Crippen LogP contribution in [0.1, 0.15) is 19.4 Å². The molecule has 0 bridgehead atoms. The molecule has 1 N–H and O–H groups in total. The van der Waals surface area contributed by atoms with Gasteiger partial charge in [0.1, 0.15) is 11.6 Å². The highest BCUT2D eigenvalue weighted by Crippen LogP contribution is 2.37. The molecule has 8 nitrogen and oxygen atoms in total. The van der Waals surface area contributed by atoms with Gasteiger partial charge in [0.2, 0.25) is 5.75 Å². The Hall–Kier alpha value is -3.08. The minimum Gasteiger partial charge on any atom is -0.500 e. The molecule has 0 spiro atoms. The van der Waals surface area contributed by atoms with Crippen LogP contribution < -0.4 is 4.74 Å². The van der Waals surface area contributed by atoms with Crippen LogP contribution >= 0.6 is 0 Å². The van der Waals surface area contributed by atoms with Gasteiger partial charge in [-0.2, -0.15) is 5.26 Å². The SMILES string of the molecule is COc1cc(/C=C(\C#N)C(=O)OC(C)C)cc([N+](=O)[O-])c1O. The maximum atomic E-state index is 11.7. The fourth-order valence-corrected chi connectivity index (χ4v) is 1.57. The van der Waals surface area contributed by atoms with Crippen LogP contribution in [0.3, 0.4) is 0 Å². The number of phenols is 1. The molecule has 0 atom stereocenters. The molecule has 0 aliphatic rings. The standard InChI is InChI=1S/C14H14N2O6/c1-8(2)22-14(18)10(7-15)4-9-5-11(16(19)20)13(17)12(6-9)21-3/h4-6,8,17H,1-3H3/b10-4+. The van der Waals surface area contributed by atoms with Gasteiger partial charge in [0.25, 0.3) is 0 Å². The van der Waals surface area contributed by atoms with Gasteiger partial charge in [0.15, 0.2) is 5.75 Å². The second-order valence-corrected chi connectivity index (χ2v) is 4.47. The summed E-state index contributed by atoms with van der Waals surface area (Å²) in [7, 11) is 1.23. The molecule has 1 aromatic carbocycles. The summed E-state index contributed by atoms with van der Waals surface area (Å²) < 4.78 is 9.72. The number of esters is 1. The van der Waals surface area contributed by atoms with Crippen LogP contribution in [-0.2, 0) is 9.53 Å². The Morgan fingerprint density at radius 3 is 2.59 bits per heavy atom. The van der Waals surface area contributed by atoms with Crippen molar-refractivity contribution < 1.29 is 24.3 Å². The lowest BCUT2D eigenvalue weighted by atomic mass is 10.1. The van der Waals surface area contributed by atoms with Crippen molar-refractivity contribution in [3.63, 3.8) is 0 Å². The monoisotopic (exact) mass is 306 g/mol. The quantitative estimate of drug-likeness (QED) is 0.291. The first-order chi connectivity index (χ1) is 10.3. The number of nitro groups is 1. The van der Waals surface area contributed by atoms with Gasteiger partial charge in [0.05, 0.1) is 18.1 Å². The van der Waals surface area contributed by atoms with Crippen LogP contribution in [0.2, 0.25) is 0 Å². The number of rotatable bonds is 5. The van der Waals surface area contributed by atoms with Crippen LogP contribution in [0.15, 0.2) is 17.7 Å². The van der Waals surface area contributed by atoms with Crippen molar-refractivity contribution in [3.05, 3.63) is 33.4 Å². The van der Waals surface area contributed by atoms with E-state index in [-0.39, 0.29) is 16.9 Å². The maximum absolute atomic E-state index is 11.7. The molecule has 0 amide bonds. The first-order valence-corrected chi connectivity index (χ1v) is 6.18. The Balaban J connectivity index is 3.34. The zero-order valence-electron chi connectivity index (χ0n) is 12.2. The van der Waals surface area contributed by atoms with Gasteiger partial charge in [0, 0.05) is 6.07 Å². The molecule has 0 radical (unpaired) electrons. The molecule has 0 saturated heterocycles. The number of hydrogen-bond donors (Lipinski definition) is 1. The molecule has 0 aromatic heterocycles. The maximum Gasteiger partial charge on any atom is 0.349 e. The molecular weight excluding hydrogens is 292 g/mol. The summed E-state index contributed by atoms with van der Waals surface area (Å²) in [5, 5.41) is 29.5. The Bertz CT molecular complexity index is 673. The summed E-state index contributed by atoms with van der Waals surface area (Å²) in [5.74, 6) is -1.62. The number of carbonyl (C=O) groups is 1. The number of aromatic hydroxyl groups is 1. The minimum atomic E-state index is -0.841. The van der Waals surface area contributed by atoms with E-state index in [0.717, 1.165) is 12.1 Å². The predicted molar refractivity (Wildman–Crippen MR) is 76.1 cm³/mol. The average Bonchev–Trinajstić information content (AvgIpc) is 2.44. The van der Waals surface area contributed by atoms with Crippen LogP contribution in [0.25, 0.3) is 6.08 Å². The third-order valence-corrected chi connectivity index (χ3v) is 2.49. The van der Waals surface area contributed by atoms with E-state index in [1.54, 1.807) is 19.9 Å². The van der Waals surface area contributed by atoms with E-state index >= 15 is 0 Å². The lowest BCUT2D eigenvalue weighted by Gasteiger charge is -2.08. The normalized spacial score (nSPS) is 11.0. The summed E-state index contributed by atoms with van der Waals surface area (Å²) in [6, 6.07) is 3.96. The Kier molecular flexibility index (Phi) is 5.46. The second kappa shape index (κ2) is 7.08. The fourth-order valence-electron chi connectivity index (χ4n) is 1.57. The molecular formula is C14H14N2O6. The largest absolute Gasteiger partial charge is 0.500 e. The van der Waals surface area contributed by atoms with Gasteiger partial charge in [-0.3, -0.25) is 10.1 Å². The van der Waals surface area contributed by atoms with E-state index in [1.807, 2.05) is 0 Å². The molecule has 0 unspecified atom stereocenters. The lowest BCUT2D eigenvalue weighted by molar-refractivity contribution is -0.386. The van der Waals surface area contributed by atoms with Crippen LogP contribution in [0, 0.1) is 21.4 Å². The Morgan fingerprint density at radius 1 is 1.50 bits per heavy atom. The van der Waals surface area contributed by atoms with Crippen molar-refractivity contribution in [2.24, 2.45) is 0 Å². The number of hydrogen-bond acceptors (Lipinski definition) is 7. The summed E-state index contributed by atoms with van der Waals surface area (Å²) in [4.78, 5) is 21.8. The second-order valence-electron chi connectivity index (χ2n) is 4.47. The highest BCUT2D eigenvalue weighted by molar-refractivity contribution is 5.98. The van der Waals surface area contributed by atoms with Crippen LogP contribution in [0.4, 0.5) is 5.69 Å². The highest BCUT2D eigenvalue weighted by atomic mass is 16.6. The van der Waals surface area contributed by atoms with Crippen LogP contribution in [-0.4, -0.2) is 29.2 Å². The molecule has 0 fully saturated rings. The summed E-state index contributed by atoms with van der Waals surface area (Å²) in [5.41, 5.74) is -0.769. The summed E-state index contributed by atoms with van der Waals surface area (Å²) in [6.07, 6.45) is 0.715. The number of phenolic OH excluding ortho intramolecular Hbond substituents is 1. The zero-order chi connectivity index (χ0) is 16.9. The lowest BCUT2D eigenvalue weighted by Crippen LogP contribution is -2.12.